The first-order valence-corrected chi connectivity index (χ1v) is 7.47. The Morgan fingerprint density at radius 3 is 2.48 bits per heavy atom. The molecular weight excluding hydrogens is 260 g/mol. The van der Waals surface area contributed by atoms with Gasteiger partial charge in [0.2, 0.25) is 0 Å². The maximum Gasteiger partial charge on any atom is 0.128 e. The topological polar surface area (TPSA) is 34.2 Å². The lowest BCUT2D eigenvalue weighted by Gasteiger charge is -2.13. The van der Waals surface area contributed by atoms with Crippen LogP contribution in [-0.2, 0) is 13.0 Å². The van der Waals surface area contributed by atoms with E-state index < -0.39 is 0 Å². The van der Waals surface area contributed by atoms with Crippen molar-refractivity contribution in [3.05, 3.63) is 52.8 Å². The van der Waals surface area contributed by atoms with E-state index in [1.165, 1.54) is 12.0 Å². The predicted molar refractivity (Wildman–Crippen MR) is 88.0 cm³/mol. The molecule has 1 heterocycles. The minimum absolute atomic E-state index is 0.704. The third-order valence-electron chi connectivity index (χ3n) is 3.70. The Labute approximate surface area is 127 Å². The van der Waals surface area contributed by atoms with Crippen molar-refractivity contribution in [2.45, 2.75) is 40.2 Å². The van der Waals surface area contributed by atoms with Gasteiger partial charge < -0.3 is 10.1 Å². The predicted octanol–water partition coefficient (Wildman–Crippen LogP) is 4.27. The highest BCUT2D eigenvalue weighted by molar-refractivity contribution is 5.47. The third kappa shape index (κ3) is 3.75. The molecule has 0 saturated heterocycles. The van der Waals surface area contributed by atoms with Crippen LogP contribution in [0.15, 0.2) is 30.5 Å². The van der Waals surface area contributed by atoms with Crippen LogP contribution in [0.2, 0.25) is 0 Å². The summed E-state index contributed by atoms with van der Waals surface area (Å²) in [5.41, 5.74) is 5.70. The molecule has 0 saturated carbocycles. The van der Waals surface area contributed by atoms with E-state index in [0.29, 0.717) is 6.54 Å². The van der Waals surface area contributed by atoms with Gasteiger partial charge in [-0.05, 0) is 38.0 Å². The zero-order valence-corrected chi connectivity index (χ0v) is 13.4. The van der Waals surface area contributed by atoms with Crippen LogP contribution in [-0.4, -0.2) is 12.1 Å². The van der Waals surface area contributed by atoms with Crippen LogP contribution >= 0.6 is 0 Å². The molecule has 0 amide bonds. The van der Waals surface area contributed by atoms with E-state index in [2.05, 4.69) is 48.4 Å². The molecule has 0 bridgehead atoms. The summed E-state index contributed by atoms with van der Waals surface area (Å²) in [6.45, 7) is 6.98. The second kappa shape index (κ2) is 7.11. The molecule has 1 N–H and O–H groups in total. The smallest absolute Gasteiger partial charge is 0.128 e. The van der Waals surface area contributed by atoms with Crippen molar-refractivity contribution in [2.24, 2.45) is 0 Å². The maximum atomic E-state index is 5.44. The van der Waals surface area contributed by atoms with Crippen LogP contribution in [0.1, 0.15) is 35.7 Å². The summed E-state index contributed by atoms with van der Waals surface area (Å²) in [4.78, 5) is 4.51. The average molecular weight is 284 g/mol. The van der Waals surface area contributed by atoms with Crippen LogP contribution in [0.3, 0.4) is 0 Å². The van der Waals surface area contributed by atoms with Gasteiger partial charge in [-0.1, -0.05) is 25.5 Å². The van der Waals surface area contributed by atoms with Crippen molar-refractivity contribution in [1.82, 2.24) is 4.98 Å². The number of ether oxygens (including phenoxy) is 1. The fourth-order valence-electron chi connectivity index (χ4n) is 2.51. The summed E-state index contributed by atoms with van der Waals surface area (Å²) in [5, 5.41) is 3.42. The number of benzene rings is 1. The highest BCUT2D eigenvalue weighted by atomic mass is 16.5. The first kappa shape index (κ1) is 15.4. The summed E-state index contributed by atoms with van der Waals surface area (Å²) < 4.78 is 5.44. The molecule has 3 nitrogen and oxygen atoms in total. The number of aryl methyl sites for hydroxylation is 2. The average Bonchev–Trinajstić information content (AvgIpc) is 2.49. The van der Waals surface area contributed by atoms with E-state index in [9.17, 15) is 0 Å². The SMILES string of the molecule is CCCc1ccc(NCc2ncc(C)c(OC)c2C)cc1. The zero-order valence-electron chi connectivity index (χ0n) is 13.4. The molecule has 112 valence electrons. The van der Waals surface area contributed by atoms with Gasteiger partial charge in [-0.25, -0.2) is 0 Å². The molecule has 2 aromatic rings. The number of nitrogens with zero attached hydrogens (tertiary/aromatic N) is 1. The van der Waals surface area contributed by atoms with E-state index in [-0.39, 0.29) is 0 Å². The van der Waals surface area contributed by atoms with Crippen molar-refractivity contribution in [3.8, 4) is 5.75 Å². The molecular formula is C18H24N2O. The minimum Gasteiger partial charge on any atom is -0.496 e. The van der Waals surface area contributed by atoms with Gasteiger partial charge in [0.1, 0.15) is 5.75 Å². The van der Waals surface area contributed by atoms with E-state index in [0.717, 1.165) is 34.7 Å². The molecule has 21 heavy (non-hydrogen) atoms. The number of pyridine rings is 1. The molecule has 0 unspecified atom stereocenters. The zero-order chi connectivity index (χ0) is 15.2. The quantitative estimate of drug-likeness (QED) is 0.860. The lowest BCUT2D eigenvalue weighted by atomic mass is 10.1. The molecule has 0 spiro atoms. The first-order chi connectivity index (χ1) is 10.2. The van der Waals surface area contributed by atoms with E-state index in [1.54, 1.807) is 7.11 Å². The highest BCUT2D eigenvalue weighted by Crippen LogP contribution is 2.24. The minimum atomic E-state index is 0.704. The third-order valence-corrected chi connectivity index (χ3v) is 3.70. The van der Waals surface area contributed by atoms with Crippen molar-refractivity contribution in [1.29, 1.82) is 0 Å². The number of rotatable bonds is 6. The summed E-state index contributed by atoms with van der Waals surface area (Å²) >= 11 is 0. The van der Waals surface area contributed by atoms with Gasteiger partial charge in [0.05, 0.1) is 19.3 Å². The highest BCUT2D eigenvalue weighted by Gasteiger charge is 2.09. The molecule has 0 atom stereocenters. The van der Waals surface area contributed by atoms with Gasteiger partial charge in [0.15, 0.2) is 0 Å². The number of hydrogen-bond acceptors (Lipinski definition) is 3. The monoisotopic (exact) mass is 284 g/mol. The molecule has 1 aromatic carbocycles. The van der Waals surface area contributed by atoms with Crippen molar-refractivity contribution >= 4 is 5.69 Å². The number of nitrogens with one attached hydrogen (secondary N) is 1. The number of hydrogen-bond donors (Lipinski definition) is 1. The Balaban J connectivity index is 2.06. The van der Waals surface area contributed by atoms with Crippen LogP contribution in [0.4, 0.5) is 5.69 Å². The number of anilines is 1. The molecule has 0 aliphatic carbocycles. The van der Waals surface area contributed by atoms with E-state index in [4.69, 9.17) is 4.74 Å². The van der Waals surface area contributed by atoms with Gasteiger partial charge in [0, 0.05) is 23.0 Å². The number of methoxy groups -OCH3 is 1. The maximum absolute atomic E-state index is 5.44. The second-order valence-corrected chi connectivity index (χ2v) is 5.35. The summed E-state index contributed by atoms with van der Waals surface area (Å²) in [6, 6.07) is 8.63. The van der Waals surface area contributed by atoms with Crippen molar-refractivity contribution in [2.75, 3.05) is 12.4 Å². The van der Waals surface area contributed by atoms with Gasteiger partial charge in [-0.15, -0.1) is 0 Å². The molecule has 3 heteroatoms. The van der Waals surface area contributed by atoms with Crippen molar-refractivity contribution < 1.29 is 4.74 Å². The van der Waals surface area contributed by atoms with Gasteiger partial charge in [0.25, 0.3) is 0 Å². The fourth-order valence-corrected chi connectivity index (χ4v) is 2.51. The molecule has 0 fully saturated rings. The lowest BCUT2D eigenvalue weighted by Crippen LogP contribution is -2.06. The van der Waals surface area contributed by atoms with Crippen molar-refractivity contribution in [3.63, 3.8) is 0 Å². The summed E-state index contributed by atoms with van der Waals surface area (Å²) in [5.74, 6) is 0.931. The Morgan fingerprint density at radius 1 is 1.14 bits per heavy atom. The fraction of sp³-hybridized carbons (Fsp3) is 0.389. The summed E-state index contributed by atoms with van der Waals surface area (Å²) in [6.07, 6.45) is 4.18. The Morgan fingerprint density at radius 2 is 1.86 bits per heavy atom. The van der Waals surface area contributed by atoms with Gasteiger partial charge in [-0.3, -0.25) is 4.98 Å². The molecule has 0 aliphatic heterocycles. The largest absolute Gasteiger partial charge is 0.496 e. The van der Waals surface area contributed by atoms with Crippen LogP contribution in [0, 0.1) is 13.8 Å². The first-order valence-electron chi connectivity index (χ1n) is 7.47. The Hall–Kier alpha value is -2.03. The molecule has 0 radical (unpaired) electrons. The summed E-state index contributed by atoms with van der Waals surface area (Å²) in [7, 11) is 1.71. The second-order valence-electron chi connectivity index (χ2n) is 5.35. The van der Waals surface area contributed by atoms with Gasteiger partial charge >= 0.3 is 0 Å². The van der Waals surface area contributed by atoms with Crippen LogP contribution in [0.5, 0.6) is 5.75 Å². The molecule has 0 aliphatic rings. The van der Waals surface area contributed by atoms with E-state index in [1.807, 2.05) is 13.1 Å². The standard InChI is InChI=1S/C18H24N2O/c1-5-6-15-7-9-16(10-8-15)19-12-17-14(3)18(21-4)13(2)11-20-17/h7-11,19H,5-6,12H2,1-4H3. The molecule has 1 aromatic heterocycles. The number of aromatic nitrogens is 1. The lowest BCUT2D eigenvalue weighted by molar-refractivity contribution is 0.407. The van der Waals surface area contributed by atoms with Crippen LogP contribution < -0.4 is 10.1 Å². The van der Waals surface area contributed by atoms with E-state index >= 15 is 0 Å². The molecule has 2 rings (SSSR count). The Kier molecular flexibility index (Phi) is 5.20. The normalized spacial score (nSPS) is 10.5. The Bertz CT molecular complexity index is 591. The van der Waals surface area contributed by atoms with Gasteiger partial charge in [-0.2, -0.15) is 0 Å². The van der Waals surface area contributed by atoms with Crippen LogP contribution in [0.25, 0.3) is 0 Å².